The van der Waals surface area contributed by atoms with Gasteiger partial charge >= 0.3 is 0 Å². The van der Waals surface area contributed by atoms with Crippen LogP contribution >= 0.6 is 28.1 Å². The first-order valence-corrected chi connectivity index (χ1v) is 7.46. The smallest absolute Gasteiger partial charge is 0.182 e. The lowest BCUT2D eigenvalue weighted by Gasteiger charge is -2.11. The van der Waals surface area contributed by atoms with Gasteiger partial charge in [0, 0.05) is 6.07 Å². The predicted molar refractivity (Wildman–Crippen MR) is 87.4 cm³/mol. The summed E-state index contributed by atoms with van der Waals surface area (Å²) >= 11 is 8.60. The lowest BCUT2D eigenvalue weighted by atomic mass is 10.2. The van der Waals surface area contributed by atoms with Gasteiger partial charge in [0.15, 0.2) is 4.77 Å². The van der Waals surface area contributed by atoms with Gasteiger partial charge < -0.3 is 9.72 Å². The van der Waals surface area contributed by atoms with Crippen molar-refractivity contribution in [2.45, 2.75) is 6.92 Å². The quantitative estimate of drug-likeness (QED) is 0.653. The van der Waals surface area contributed by atoms with Crippen LogP contribution in [0.1, 0.15) is 5.56 Å². The lowest BCUT2D eigenvalue weighted by Crippen LogP contribution is -1.99. The molecule has 108 valence electrons. The Kier molecular flexibility index (Phi) is 3.59. The zero-order valence-corrected chi connectivity index (χ0v) is 13.8. The number of aromatic nitrogens is 2. The summed E-state index contributed by atoms with van der Waals surface area (Å²) in [7, 11) is 1.61. The maximum absolute atomic E-state index is 13.7. The Morgan fingerprint density at radius 1 is 1.29 bits per heavy atom. The van der Waals surface area contributed by atoms with E-state index in [0.717, 1.165) is 16.8 Å². The van der Waals surface area contributed by atoms with E-state index in [9.17, 15) is 4.39 Å². The summed E-state index contributed by atoms with van der Waals surface area (Å²) in [5, 5.41) is 0. The summed E-state index contributed by atoms with van der Waals surface area (Å²) in [6, 6.07) is 8.98. The number of halogens is 2. The summed E-state index contributed by atoms with van der Waals surface area (Å²) < 4.78 is 21.8. The molecule has 0 aliphatic carbocycles. The van der Waals surface area contributed by atoms with E-state index in [2.05, 4.69) is 20.9 Å². The zero-order chi connectivity index (χ0) is 15.1. The minimum atomic E-state index is -0.331. The molecule has 0 amide bonds. The maximum atomic E-state index is 13.7. The summed E-state index contributed by atoms with van der Waals surface area (Å²) in [5.41, 5.74) is 3.34. The first kappa shape index (κ1) is 14.3. The second-order valence-corrected chi connectivity index (χ2v) is 5.97. The molecule has 1 N–H and O–H groups in total. The number of aromatic amines is 1. The van der Waals surface area contributed by atoms with Crippen LogP contribution < -0.4 is 4.74 Å². The molecule has 0 bridgehead atoms. The second kappa shape index (κ2) is 5.27. The van der Waals surface area contributed by atoms with Gasteiger partial charge in [0.2, 0.25) is 0 Å². The van der Waals surface area contributed by atoms with E-state index in [1.54, 1.807) is 13.2 Å². The van der Waals surface area contributed by atoms with Crippen LogP contribution in [0.2, 0.25) is 0 Å². The van der Waals surface area contributed by atoms with E-state index >= 15 is 0 Å². The Morgan fingerprint density at radius 2 is 2.05 bits per heavy atom. The van der Waals surface area contributed by atoms with Crippen molar-refractivity contribution in [2.75, 3.05) is 7.11 Å². The topological polar surface area (TPSA) is 29.9 Å². The molecule has 0 saturated carbocycles. The fourth-order valence-electron chi connectivity index (χ4n) is 2.32. The number of nitrogens with zero attached hydrogens (tertiary/aromatic N) is 1. The Labute approximate surface area is 134 Å². The normalized spacial score (nSPS) is 11.0. The fraction of sp³-hybridized carbons (Fsp3) is 0.133. The number of benzene rings is 2. The molecule has 0 unspecified atom stereocenters. The molecular formula is C15H12BrFN2OS. The number of hydrogen-bond acceptors (Lipinski definition) is 2. The summed E-state index contributed by atoms with van der Waals surface area (Å²) in [4.78, 5) is 3.03. The van der Waals surface area contributed by atoms with Crippen LogP contribution in [0.4, 0.5) is 4.39 Å². The highest BCUT2D eigenvalue weighted by Gasteiger charge is 2.13. The molecule has 0 aliphatic rings. The highest BCUT2D eigenvalue weighted by Crippen LogP contribution is 2.30. The van der Waals surface area contributed by atoms with Crippen LogP contribution in [-0.4, -0.2) is 16.7 Å². The Morgan fingerprint density at radius 3 is 2.76 bits per heavy atom. The minimum absolute atomic E-state index is 0.331. The van der Waals surface area contributed by atoms with Gasteiger partial charge in [0.05, 0.1) is 28.3 Å². The Hall–Kier alpha value is -1.66. The summed E-state index contributed by atoms with van der Waals surface area (Å²) in [5.74, 6) is 0.375. The van der Waals surface area contributed by atoms with Gasteiger partial charge in [0.1, 0.15) is 11.6 Å². The standard InChI is InChI=1S/C15H12BrFN2OS/c1-8-3-4-14(20-2)13(5-8)19-12-6-9(16)10(17)7-11(12)18-15(19)21/h3-7H,1-2H3,(H,18,21). The van der Waals surface area contributed by atoms with Crippen molar-refractivity contribution in [3.63, 3.8) is 0 Å². The number of imidazole rings is 1. The summed E-state index contributed by atoms with van der Waals surface area (Å²) in [6.45, 7) is 2.00. The van der Waals surface area contributed by atoms with Crippen molar-refractivity contribution in [1.29, 1.82) is 0 Å². The van der Waals surface area contributed by atoms with Gasteiger partial charge in [-0.1, -0.05) is 6.07 Å². The van der Waals surface area contributed by atoms with Gasteiger partial charge in [-0.15, -0.1) is 0 Å². The minimum Gasteiger partial charge on any atom is -0.495 e. The van der Waals surface area contributed by atoms with Crippen LogP contribution in [0.5, 0.6) is 5.75 Å². The number of hydrogen-bond donors (Lipinski definition) is 1. The highest BCUT2D eigenvalue weighted by molar-refractivity contribution is 9.10. The molecule has 0 atom stereocenters. The van der Waals surface area contributed by atoms with E-state index in [4.69, 9.17) is 17.0 Å². The summed E-state index contributed by atoms with van der Waals surface area (Å²) in [6.07, 6.45) is 0. The van der Waals surface area contributed by atoms with E-state index in [1.165, 1.54) is 6.07 Å². The van der Waals surface area contributed by atoms with Crippen molar-refractivity contribution >= 4 is 39.2 Å². The number of methoxy groups -OCH3 is 1. The molecule has 6 heteroatoms. The molecule has 0 spiro atoms. The third kappa shape index (κ3) is 2.38. The zero-order valence-electron chi connectivity index (χ0n) is 11.4. The average Bonchev–Trinajstić information content (AvgIpc) is 2.74. The molecule has 3 nitrogen and oxygen atoms in total. The molecule has 2 aromatic carbocycles. The average molecular weight is 367 g/mol. The largest absolute Gasteiger partial charge is 0.495 e. The molecule has 0 aliphatic heterocycles. The van der Waals surface area contributed by atoms with E-state index in [1.807, 2.05) is 29.7 Å². The predicted octanol–water partition coefficient (Wildman–Crippen LogP) is 4.91. The highest BCUT2D eigenvalue weighted by atomic mass is 79.9. The van der Waals surface area contributed by atoms with Crippen LogP contribution in [-0.2, 0) is 0 Å². The Bertz CT molecular complexity index is 901. The Balaban J connectivity index is 2.40. The van der Waals surface area contributed by atoms with Gasteiger partial charge in [-0.25, -0.2) is 4.39 Å². The monoisotopic (exact) mass is 366 g/mol. The van der Waals surface area contributed by atoms with E-state index < -0.39 is 0 Å². The van der Waals surface area contributed by atoms with Crippen LogP contribution in [0.15, 0.2) is 34.8 Å². The van der Waals surface area contributed by atoms with Crippen LogP contribution in [0, 0.1) is 17.5 Å². The molecule has 21 heavy (non-hydrogen) atoms. The van der Waals surface area contributed by atoms with Crippen molar-refractivity contribution in [3.8, 4) is 11.4 Å². The van der Waals surface area contributed by atoms with Crippen molar-refractivity contribution < 1.29 is 9.13 Å². The van der Waals surface area contributed by atoms with Crippen LogP contribution in [0.3, 0.4) is 0 Å². The first-order valence-electron chi connectivity index (χ1n) is 6.26. The molecule has 3 aromatic rings. The second-order valence-electron chi connectivity index (χ2n) is 4.72. The van der Waals surface area contributed by atoms with E-state index in [0.29, 0.717) is 20.5 Å². The molecule has 0 radical (unpaired) electrons. The molecular weight excluding hydrogens is 355 g/mol. The third-order valence-electron chi connectivity index (χ3n) is 3.30. The SMILES string of the molecule is COc1ccc(C)cc1-n1c(=S)[nH]c2cc(F)c(Br)cc21. The fourth-order valence-corrected chi connectivity index (χ4v) is 2.95. The van der Waals surface area contributed by atoms with Crippen LogP contribution in [0.25, 0.3) is 16.7 Å². The molecule has 3 rings (SSSR count). The molecule has 1 heterocycles. The molecule has 0 fully saturated rings. The first-order chi connectivity index (χ1) is 10.0. The van der Waals surface area contributed by atoms with Gasteiger partial charge in [0.25, 0.3) is 0 Å². The number of H-pyrrole nitrogens is 1. The van der Waals surface area contributed by atoms with Crippen molar-refractivity contribution in [3.05, 3.63) is 51.0 Å². The molecule has 0 saturated heterocycles. The third-order valence-corrected chi connectivity index (χ3v) is 4.19. The van der Waals surface area contributed by atoms with Gasteiger partial charge in [-0.05, 0) is 58.8 Å². The van der Waals surface area contributed by atoms with E-state index in [-0.39, 0.29) is 5.82 Å². The number of rotatable bonds is 2. The molecule has 1 aromatic heterocycles. The lowest BCUT2D eigenvalue weighted by molar-refractivity contribution is 0.413. The van der Waals surface area contributed by atoms with Crippen molar-refractivity contribution in [1.82, 2.24) is 9.55 Å². The number of aryl methyl sites for hydroxylation is 1. The van der Waals surface area contributed by atoms with Crippen molar-refractivity contribution in [2.24, 2.45) is 0 Å². The number of ether oxygens (including phenoxy) is 1. The van der Waals surface area contributed by atoms with Gasteiger partial charge in [-0.2, -0.15) is 0 Å². The number of fused-ring (bicyclic) bond motifs is 1. The van der Waals surface area contributed by atoms with Gasteiger partial charge in [-0.3, -0.25) is 4.57 Å². The maximum Gasteiger partial charge on any atom is 0.182 e. The number of nitrogens with one attached hydrogen (secondary N) is 1.